The molecule has 0 bridgehead atoms. The molecular formula is C20H18ClN3O2. The number of halogens is 1. The molecule has 0 radical (unpaired) electrons. The van der Waals surface area contributed by atoms with E-state index in [9.17, 15) is 9.59 Å². The van der Waals surface area contributed by atoms with Gasteiger partial charge in [0, 0.05) is 30.4 Å². The van der Waals surface area contributed by atoms with Gasteiger partial charge >= 0.3 is 0 Å². The first-order valence-electron chi connectivity index (χ1n) is 8.12. The zero-order valence-electron chi connectivity index (χ0n) is 14.5. The zero-order chi connectivity index (χ0) is 18.7. The Morgan fingerprint density at radius 3 is 2.54 bits per heavy atom. The van der Waals surface area contributed by atoms with Gasteiger partial charge in [-0.1, -0.05) is 41.9 Å². The van der Waals surface area contributed by atoms with Gasteiger partial charge in [0.2, 0.25) is 5.43 Å². The summed E-state index contributed by atoms with van der Waals surface area (Å²) in [6.07, 6.45) is 0. The predicted molar refractivity (Wildman–Crippen MR) is 102 cm³/mol. The lowest BCUT2D eigenvalue weighted by Crippen LogP contribution is -2.33. The number of rotatable bonds is 4. The van der Waals surface area contributed by atoms with Crippen LogP contribution in [0.25, 0.3) is 5.69 Å². The second-order valence-corrected chi connectivity index (χ2v) is 6.47. The summed E-state index contributed by atoms with van der Waals surface area (Å²) in [5.74, 6) is -0.431. The van der Waals surface area contributed by atoms with E-state index < -0.39 is 11.3 Å². The van der Waals surface area contributed by atoms with Crippen LogP contribution in [0.3, 0.4) is 0 Å². The molecule has 0 aliphatic heterocycles. The maximum atomic E-state index is 12.8. The number of hydrogen-bond donors (Lipinski definition) is 0. The number of benzene rings is 2. The quantitative estimate of drug-likeness (QED) is 0.709. The van der Waals surface area contributed by atoms with Gasteiger partial charge in [0.1, 0.15) is 0 Å². The van der Waals surface area contributed by atoms with E-state index in [4.69, 9.17) is 11.6 Å². The third-order valence-corrected chi connectivity index (χ3v) is 4.20. The fourth-order valence-electron chi connectivity index (χ4n) is 2.69. The van der Waals surface area contributed by atoms with Gasteiger partial charge in [0.15, 0.2) is 5.69 Å². The van der Waals surface area contributed by atoms with Crippen molar-refractivity contribution in [1.82, 2.24) is 14.7 Å². The van der Waals surface area contributed by atoms with Crippen molar-refractivity contribution in [3.05, 3.63) is 92.9 Å². The molecule has 3 rings (SSSR count). The Kier molecular flexibility index (Phi) is 5.19. The molecule has 2 aromatic carbocycles. The van der Waals surface area contributed by atoms with E-state index in [-0.39, 0.29) is 5.69 Å². The number of aromatic nitrogens is 2. The fraction of sp³-hybridized carbons (Fsp3) is 0.150. The second-order valence-electron chi connectivity index (χ2n) is 6.04. The number of amides is 1. The molecule has 5 nitrogen and oxygen atoms in total. The summed E-state index contributed by atoms with van der Waals surface area (Å²) < 4.78 is 1.60. The van der Waals surface area contributed by atoms with E-state index in [1.807, 2.05) is 42.5 Å². The molecule has 0 N–H and O–H groups in total. The largest absolute Gasteiger partial charge is 0.336 e. The number of carbonyl (C=O) groups is 1. The minimum absolute atomic E-state index is 0.107. The summed E-state index contributed by atoms with van der Waals surface area (Å²) in [5.41, 5.74) is 1.83. The lowest BCUT2D eigenvalue weighted by molar-refractivity contribution is 0.0776. The molecule has 3 aromatic rings. The minimum atomic E-state index is -0.431. The van der Waals surface area contributed by atoms with Crippen LogP contribution in [0.5, 0.6) is 0 Å². The number of para-hydroxylation sites is 1. The first-order chi connectivity index (χ1) is 12.5. The van der Waals surface area contributed by atoms with Crippen LogP contribution in [-0.2, 0) is 6.54 Å². The first kappa shape index (κ1) is 17.9. The highest BCUT2D eigenvalue weighted by Gasteiger charge is 2.19. The molecule has 26 heavy (non-hydrogen) atoms. The summed E-state index contributed by atoms with van der Waals surface area (Å²) in [7, 11) is 1.64. The number of carbonyl (C=O) groups excluding carboxylic acids is 1. The number of nitrogens with zero attached hydrogens (tertiary/aromatic N) is 3. The van der Waals surface area contributed by atoms with Crippen LogP contribution >= 0.6 is 11.6 Å². The van der Waals surface area contributed by atoms with Crippen LogP contribution in [0.15, 0.2) is 65.5 Å². The highest BCUT2D eigenvalue weighted by molar-refractivity contribution is 6.30. The van der Waals surface area contributed by atoms with Crippen molar-refractivity contribution < 1.29 is 4.79 Å². The van der Waals surface area contributed by atoms with Crippen molar-refractivity contribution >= 4 is 17.5 Å². The van der Waals surface area contributed by atoms with Gasteiger partial charge in [-0.05, 0) is 36.8 Å². The Labute approximate surface area is 156 Å². The van der Waals surface area contributed by atoms with Crippen LogP contribution in [0.4, 0.5) is 0 Å². The van der Waals surface area contributed by atoms with Gasteiger partial charge < -0.3 is 4.90 Å². The van der Waals surface area contributed by atoms with Gasteiger partial charge in [-0.2, -0.15) is 5.10 Å². The van der Waals surface area contributed by atoms with E-state index in [2.05, 4.69) is 5.10 Å². The van der Waals surface area contributed by atoms with Crippen molar-refractivity contribution in [3.63, 3.8) is 0 Å². The first-order valence-corrected chi connectivity index (χ1v) is 8.50. The average molecular weight is 368 g/mol. The monoisotopic (exact) mass is 367 g/mol. The molecule has 0 aliphatic rings. The third kappa shape index (κ3) is 3.83. The molecule has 0 saturated carbocycles. The molecule has 1 heterocycles. The SMILES string of the molecule is Cc1cc(=O)c(C(=O)N(C)Cc2cccc(Cl)c2)nn1-c1ccccc1. The predicted octanol–water partition coefficient (Wildman–Crippen LogP) is 3.47. The molecule has 0 unspecified atom stereocenters. The molecule has 132 valence electrons. The summed E-state index contributed by atoms with van der Waals surface area (Å²) in [6.45, 7) is 2.12. The zero-order valence-corrected chi connectivity index (χ0v) is 15.3. The van der Waals surface area contributed by atoms with Crippen LogP contribution in [0.2, 0.25) is 5.02 Å². The van der Waals surface area contributed by atoms with Gasteiger partial charge in [0.25, 0.3) is 5.91 Å². The van der Waals surface area contributed by atoms with Crippen LogP contribution in [-0.4, -0.2) is 27.6 Å². The number of hydrogen-bond acceptors (Lipinski definition) is 3. The molecule has 0 aliphatic carbocycles. The maximum absolute atomic E-state index is 12.8. The lowest BCUT2D eigenvalue weighted by atomic mass is 10.2. The van der Waals surface area contributed by atoms with Gasteiger partial charge in [-0.25, -0.2) is 4.68 Å². The van der Waals surface area contributed by atoms with Crippen molar-refractivity contribution in [2.45, 2.75) is 13.5 Å². The molecule has 0 fully saturated rings. The molecule has 0 spiro atoms. The topological polar surface area (TPSA) is 55.2 Å². The van der Waals surface area contributed by atoms with Crippen LogP contribution < -0.4 is 5.43 Å². The van der Waals surface area contributed by atoms with Crippen molar-refractivity contribution in [2.24, 2.45) is 0 Å². The standard InChI is InChI=1S/C20H18ClN3O2/c1-14-11-18(25)19(22-24(14)17-9-4-3-5-10-17)20(26)23(2)13-15-7-6-8-16(21)12-15/h3-12H,13H2,1-2H3. The van der Waals surface area contributed by atoms with Crippen molar-refractivity contribution in [1.29, 1.82) is 0 Å². The highest BCUT2D eigenvalue weighted by atomic mass is 35.5. The Morgan fingerprint density at radius 2 is 1.85 bits per heavy atom. The smallest absolute Gasteiger partial charge is 0.278 e. The van der Waals surface area contributed by atoms with Crippen molar-refractivity contribution in [2.75, 3.05) is 7.05 Å². The van der Waals surface area contributed by atoms with Gasteiger partial charge in [-0.15, -0.1) is 0 Å². The van der Waals surface area contributed by atoms with E-state index in [1.54, 1.807) is 30.8 Å². The fourth-order valence-corrected chi connectivity index (χ4v) is 2.90. The molecule has 1 aromatic heterocycles. The van der Waals surface area contributed by atoms with Crippen molar-refractivity contribution in [3.8, 4) is 5.69 Å². The van der Waals surface area contributed by atoms with E-state index in [1.165, 1.54) is 11.0 Å². The Bertz CT molecular complexity index is 999. The third-order valence-electron chi connectivity index (χ3n) is 3.97. The molecule has 0 atom stereocenters. The summed E-state index contributed by atoms with van der Waals surface area (Å²) in [4.78, 5) is 26.6. The van der Waals surface area contributed by atoms with Crippen LogP contribution in [0, 0.1) is 6.92 Å². The normalized spacial score (nSPS) is 10.6. The second kappa shape index (κ2) is 7.54. The van der Waals surface area contributed by atoms with E-state index in [0.29, 0.717) is 17.3 Å². The lowest BCUT2D eigenvalue weighted by Gasteiger charge is -2.18. The van der Waals surface area contributed by atoms with E-state index >= 15 is 0 Å². The molecule has 0 saturated heterocycles. The Balaban J connectivity index is 1.93. The summed E-state index contributed by atoms with van der Waals surface area (Å²) >= 11 is 5.99. The van der Waals surface area contributed by atoms with Gasteiger partial charge in [0.05, 0.1) is 5.69 Å². The number of aryl methyl sites for hydroxylation is 1. The Morgan fingerprint density at radius 1 is 1.12 bits per heavy atom. The van der Waals surface area contributed by atoms with Gasteiger partial charge in [-0.3, -0.25) is 9.59 Å². The molecular weight excluding hydrogens is 350 g/mol. The van der Waals surface area contributed by atoms with E-state index in [0.717, 1.165) is 11.3 Å². The highest BCUT2D eigenvalue weighted by Crippen LogP contribution is 2.13. The summed E-state index contributed by atoms with van der Waals surface area (Å²) in [5, 5.41) is 4.91. The molecule has 1 amide bonds. The minimum Gasteiger partial charge on any atom is -0.336 e. The summed E-state index contributed by atoms with van der Waals surface area (Å²) in [6, 6.07) is 18.1. The van der Waals surface area contributed by atoms with Crippen LogP contribution in [0.1, 0.15) is 21.7 Å². The molecule has 6 heteroatoms. The maximum Gasteiger partial charge on any atom is 0.278 e. The Hall–Kier alpha value is -2.92. The average Bonchev–Trinajstić information content (AvgIpc) is 2.62.